The number of methoxy groups -OCH3 is 1. The molecule has 16 heavy (non-hydrogen) atoms. The lowest BCUT2D eigenvalue weighted by molar-refractivity contribution is 0.0227. The molecular weight excluding hydrogens is 206 g/mol. The summed E-state index contributed by atoms with van der Waals surface area (Å²) < 4.78 is 15.9. The van der Waals surface area contributed by atoms with E-state index in [-0.39, 0.29) is 0 Å². The van der Waals surface area contributed by atoms with E-state index in [1.165, 1.54) is 6.42 Å². The first-order valence-electron chi connectivity index (χ1n) is 6.20. The quantitative estimate of drug-likeness (QED) is 0.634. The summed E-state index contributed by atoms with van der Waals surface area (Å²) in [5.41, 5.74) is 0. The molecule has 1 aliphatic rings. The zero-order valence-electron chi connectivity index (χ0n) is 10.5. The van der Waals surface area contributed by atoms with Crippen LogP contribution in [0.4, 0.5) is 0 Å². The molecule has 0 aromatic heterocycles. The fourth-order valence-electron chi connectivity index (χ4n) is 2.15. The van der Waals surface area contributed by atoms with Crippen molar-refractivity contribution in [3.05, 3.63) is 0 Å². The predicted molar refractivity (Wildman–Crippen MR) is 63.7 cm³/mol. The summed E-state index contributed by atoms with van der Waals surface area (Å²) in [5.74, 6) is 0.643. The predicted octanol–water partition coefficient (Wildman–Crippen LogP) is 1.05. The Kier molecular flexibility index (Phi) is 7.76. The molecule has 0 aromatic carbocycles. The van der Waals surface area contributed by atoms with Gasteiger partial charge in [-0.15, -0.1) is 0 Å². The summed E-state index contributed by atoms with van der Waals surface area (Å²) in [7, 11) is 3.73. The Labute approximate surface area is 98.6 Å². The molecule has 0 bridgehead atoms. The maximum Gasteiger partial charge on any atom is 0.0700 e. The Bertz CT molecular complexity index is 166. The minimum Gasteiger partial charge on any atom is -0.382 e. The molecule has 1 saturated heterocycles. The van der Waals surface area contributed by atoms with E-state index in [1.807, 2.05) is 7.05 Å². The zero-order valence-corrected chi connectivity index (χ0v) is 10.5. The Morgan fingerprint density at radius 3 is 2.94 bits per heavy atom. The van der Waals surface area contributed by atoms with Crippen LogP contribution >= 0.6 is 0 Å². The molecule has 0 aromatic rings. The van der Waals surface area contributed by atoms with Crippen molar-refractivity contribution in [3.63, 3.8) is 0 Å². The van der Waals surface area contributed by atoms with E-state index in [9.17, 15) is 0 Å². The topological polar surface area (TPSA) is 39.7 Å². The summed E-state index contributed by atoms with van der Waals surface area (Å²) in [5, 5.41) is 3.37. The summed E-state index contributed by atoms with van der Waals surface area (Å²) in [4.78, 5) is 0. The summed E-state index contributed by atoms with van der Waals surface area (Å²) in [6, 6.07) is 0.618. The Balaban J connectivity index is 2.02. The van der Waals surface area contributed by atoms with E-state index in [1.54, 1.807) is 7.11 Å². The number of nitrogens with one attached hydrogen (secondary N) is 1. The summed E-state index contributed by atoms with van der Waals surface area (Å²) >= 11 is 0. The first kappa shape index (κ1) is 13.9. The third kappa shape index (κ3) is 5.25. The van der Waals surface area contributed by atoms with Crippen LogP contribution in [0.5, 0.6) is 0 Å². The smallest absolute Gasteiger partial charge is 0.0700 e. The first-order chi connectivity index (χ1) is 7.88. The van der Waals surface area contributed by atoms with E-state index in [4.69, 9.17) is 14.2 Å². The van der Waals surface area contributed by atoms with Gasteiger partial charge in [0.25, 0.3) is 0 Å². The lowest BCUT2D eigenvalue weighted by atomic mass is 9.91. The standard InChI is InChI=1S/C12H25NO3/c1-13-12-5-7-16-10-11(12)4-3-6-15-9-8-14-2/h11-13H,3-10H2,1-2H3. The lowest BCUT2D eigenvalue weighted by Gasteiger charge is -2.31. The van der Waals surface area contributed by atoms with E-state index < -0.39 is 0 Å². The number of hydrogen-bond acceptors (Lipinski definition) is 4. The van der Waals surface area contributed by atoms with Gasteiger partial charge in [0, 0.05) is 26.4 Å². The molecule has 1 aliphatic heterocycles. The SMILES string of the molecule is CNC1CCOCC1CCCOCCOC. The molecule has 1 N–H and O–H groups in total. The second-order valence-corrected chi connectivity index (χ2v) is 4.27. The van der Waals surface area contributed by atoms with Gasteiger partial charge in [-0.25, -0.2) is 0 Å². The molecule has 0 saturated carbocycles. The van der Waals surface area contributed by atoms with Crippen molar-refractivity contribution in [2.45, 2.75) is 25.3 Å². The highest BCUT2D eigenvalue weighted by molar-refractivity contribution is 4.78. The van der Waals surface area contributed by atoms with Crippen molar-refractivity contribution >= 4 is 0 Å². The molecule has 96 valence electrons. The summed E-state index contributed by atoms with van der Waals surface area (Å²) in [6.07, 6.45) is 3.42. The zero-order chi connectivity index (χ0) is 11.6. The van der Waals surface area contributed by atoms with Gasteiger partial charge in [0.15, 0.2) is 0 Å². The van der Waals surface area contributed by atoms with Crippen molar-refractivity contribution < 1.29 is 14.2 Å². The molecule has 0 spiro atoms. The van der Waals surface area contributed by atoms with Crippen LogP contribution in [-0.2, 0) is 14.2 Å². The van der Waals surface area contributed by atoms with E-state index in [2.05, 4.69) is 5.32 Å². The average Bonchev–Trinajstić information content (AvgIpc) is 2.34. The molecule has 1 heterocycles. The number of hydrogen-bond donors (Lipinski definition) is 1. The van der Waals surface area contributed by atoms with Crippen molar-refractivity contribution in [2.75, 3.05) is 47.2 Å². The normalized spacial score (nSPS) is 25.9. The van der Waals surface area contributed by atoms with Gasteiger partial charge in [0.1, 0.15) is 0 Å². The average molecular weight is 231 g/mol. The van der Waals surface area contributed by atoms with Gasteiger partial charge >= 0.3 is 0 Å². The van der Waals surface area contributed by atoms with Gasteiger partial charge in [-0.1, -0.05) is 0 Å². The van der Waals surface area contributed by atoms with E-state index in [0.29, 0.717) is 25.2 Å². The molecule has 2 unspecified atom stereocenters. The molecule has 2 atom stereocenters. The molecule has 0 aliphatic carbocycles. The van der Waals surface area contributed by atoms with Gasteiger partial charge in [-0.05, 0) is 32.2 Å². The minimum atomic E-state index is 0.618. The molecule has 4 heteroatoms. The highest BCUT2D eigenvalue weighted by Crippen LogP contribution is 2.19. The van der Waals surface area contributed by atoms with Crippen LogP contribution in [-0.4, -0.2) is 53.2 Å². The molecule has 0 radical (unpaired) electrons. The Morgan fingerprint density at radius 2 is 2.19 bits per heavy atom. The van der Waals surface area contributed by atoms with Gasteiger partial charge < -0.3 is 19.5 Å². The van der Waals surface area contributed by atoms with Crippen molar-refractivity contribution in [2.24, 2.45) is 5.92 Å². The number of rotatable bonds is 8. The van der Waals surface area contributed by atoms with Crippen LogP contribution < -0.4 is 5.32 Å². The molecule has 1 rings (SSSR count). The fraction of sp³-hybridized carbons (Fsp3) is 1.00. The highest BCUT2D eigenvalue weighted by Gasteiger charge is 2.23. The highest BCUT2D eigenvalue weighted by atomic mass is 16.5. The minimum absolute atomic E-state index is 0.618. The molecule has 0 amide bonds. The number of ether oxygens (including phenoxy) is 3. The maximum absolute atomic E-state index is 5.51. The monoisotopic (exact) mass is 231 g/mol. The van der Waals surface area contributed by atoms with Gasteiger partial charge in [-0.3, -0.25) is 0 Å². The van der Waals surface area contributed by atoms with E-state index >= 15 is 0 Å². The van der Waals surface area contributed by atoms with Gasteiger partial charge in [-0.2, -0.15) is 0 Å². The van der Waals surface area contributed by atoms with Crippen LogP contribution in [0, 0.1) is 5.92 Å². The van der Waals surface area contributed by atoms with Crippen LogP contribution in [0.25, 0.3) is 0 Å². The second-order valence-electron chi connectivity index (χ2n) is 4.27. The Hall–Kier alpha value is -0.160. The lowest BCUT2D eigenvalue weighted by Crippen LogP contribution is -2.40. The van der Waals surface area contributed by atoms with Gasteiger partial charge in [0.05, 0.1) is 19.8 Å². The van der Waals surface area contributed by atoms with E-state index in [0.717, 1.165) is 32.7 Å². The van der Waals surface area contributed by atoms with Crippen LogP contribution in [0.3, 0.4) is 0 Å². The van der Waals surface area contributed by atoms with Gasteiger partial charge in [0.2, 0.25) is 0 Å². The first-order valence-corrected chi connectivity index (χ1v) is 6.20. The maximum atomic E-state index is 5.51. The largest absolute Gasteiger partial charge is 0.382 e. The van der Waals surface area contributed by atoms with Crippen LogP contribution in [0.2, 0.25) is 0 Å². The molecular formula is C12H25NO3. The summed E-state index contributed by atoms with van der Waals surface area (Å²) in [6.45, 7) is 4.00. The fourth-order valence-corrected chi connectivity index (χ4v) is 2.15. The van der Waals surface area contributed by atoms with Crippen molar-refractivity contribution in [1.82, 2.24) is 5.32 Å². The molecule has 1 fully saturated rings. The van der Waals surface area contributed by atoms with Crippen LogP contribution in [0.15, 0.2) is 0 Å². The Morgan fingerprint density at radius 1 is 1.31 bits per heavy atom. The van der Waals surface area contributed by atoms with Crippen molar-refractivity contribution in [1.29, 1.82) is 0 Å². The molecule has 4 nitrogen and oxygen atoms in total. The van der Waals surface area contributed by atoms with Crippen LogP contribution in [0.1, 0.15) is 19.3 Å². The third-order valence-corrected chi connectivity index (χ3v) is 3.14. The third-order valence-electron chi connectivity index (χ3n) is 3.14. The van der Waals surface area contributed by atoms with Crippen molar-refractivity contribution in [3.8, 4) is 0 Å². The second kappa shape index (κ2) is 8.93.